The largest absolute Gasteiger partial charge is 1.00 e. The molecule has 2 atom stereocenters. The summed E-state index contributed by atoms with van der Waals surface area (Å²) in [5.74, 6) is -0.386. The van der Waals surface area contributed by atoms with Gasteiger partial charge in [0.2, 0.25) is 5.91 Å². The molecule has 1 amide bonds. The number of rotatable bonds is 26. The Morgan fingerprint density at radius 2 is 1.26 bits per heavy atom. The number of aromatic nitrogens is 7. The zero-order chi connectivity index (χ0) is 63.9. The van der Waals surface area contributed by atoms with E-state index in [9.17, 15) is 19.5 Å². The summed E-state index contributed by atoms with van der Waals surface area (Å²) >= 11 is 3.28. The van der Waals surface area contributed by atoms with Crippen LogP contribution in [-0.4, -0.2) is 182 Å². The second-order valence-corrected chi connectivity index (χ2v) is 42.6. The molecule has 0 saturated heterocycles. The number of aliphatic hydroxyl groups is 3. The van der Waals surface area contributed by atoms with Crippen LogP contribution in [0.3, 0.4) is 0 Å². The Balaban J connectivity index is -0.000000221. The van der Waals surface area contributed by atoms with Crippen molar-refractivity contribution in [2.24, 2.45) is 5.11 Å². The van der Waals surface area contributed by atoms with Gasteiger partial charge in [-0.05, 0) is 113 Å². The predicted molar refractivity (Wildman–Crippen MR) is 352 cm³/mol. The molecule has 2 radical (unpaired) electrons. The van der Waals surface area contributed by atoms with Crippen LogP contribution in [0.5, 0.6) is 0 Å². The number of unbranched alkanes of at least 4 members (excludes halogenated alkanes) is 1. The fourth-order valence-electron chi connectivity index (χ4n) is 7.60. The van der Waals surface area contributed by atoms with E-state index in [4.69, 9.17) is 53.0 Å². The number of ketones is 1. The molecule has 0 bridgehead atoms. The van der Waals surface area contributed by atoms with E-state index in [0.717, 1.165) is 80.4 Å². The van der Waals surface area contributed by atoms with Gasteiger partial charge in [0.15, 0.2) is 49.3 Å². The maximum atomic E-state index is 11.0. The number of thioether (sulfide) groups is 2. The van der Waals surface area contributed by atoms with E-state index in [1.54, 1.807) is 54.4 Å². The van der Waals surface area contributed by atoms with Crippen LogP contribution < -0.4 is 40.0 Å². The second-order valence-electron chi connectivity index (χ2n) is 21.4. The van der Waals surface area contributed by atoms with E-state index >= 15 is 0 Å². The third-order valence-electron chi connectivity index (χ3n) is 11.1. The maximum absolute atomic E-state index is 11.0. The zero-order valence-corrected chi connectivity index (χ0v) is 63.9. The molecule has 5 aromatic rings. The third kappa shape index (κ3) is 47.3. The van der Waals surface area contributed by atoms with E-state index in [1.165, 1.54) is 0 Å². The van der Waals surface area contributed by atoms with Crippen LogP contribution in [0.15, 0.2) is 119 Å². The van der Waals surface area contributed by atoms with Gasteiger partial charge in [-0.1, -0.05) is 94.7 Å². The van der Waals surface area contributed by atoms with Crippen LogP contribution in [0.2, 0.25) is 64.5 Å². The van der Waals surface area contributed by atoms with E-state index in [2.05, 4.69) is 109 Å². The minimum Gasteiger partial charge on any atom is -0.870 e. The fraction of sp³-hybridized carbons (Fsp3) is 0.453. The summed E-state index contributed by atoms with van der Waals surface area (Å²) in [5, 5.41) is 54.9. The average molecular weight is 1540 g/mol. The van der Waals surface area contributed by atoms with E-state index in [-0.39, 0.29) is 109 Å². The summed E-state index contributed by atoms with van der Waals surface area (Å²) in [6, 6.07) is 21.7. The molecule has 1 aliphatic rings. The number of ether oxygens (including phenoxy) is 1. The number of cyclic esters (lactones) is 1. The molecule has 1 aliphatic heterocycles. The van der Waals surface area contributed by atoms with Crippen molar-refractivity contribution < 1.29 is 156 Å². The molecule has 2 aromatic carbocycles. The fourth-order valence-corrected chi connectivity index (χ4v) is 28.4. The molecule has 526 valence electrons. The Morgan fingerprint density at radius 1 is 0.806 bits per heavy atom. The normalized spacial score (nSPS) is 12.4. The number of hydrogen-bond donors (Lipinski definition) is 6. The molecular weight excluding hydrogens is 1450 g/mol. The molecule has 0 saturated carbocycles. The molecule has 3 aromatic heterocycles. The van der Waals surface area contributed by atoms with Gasteiger partial charge in [-0.3, -0.25) is 13.9 Å². The molecule has 30 nitrogen and oxygen atoms in total. The van der Waals surface area contributed by atoms with Gasteiger partial charge in [-0.2, -0.15) is 8.42 Å². The number of aliphatic hydroxyl groups excluding tert-OH is 3. The number of terminal acetylenes is 1. The topological polar surface area (TPSA) is 538 Å². The van der Waals surface area contributed by atoms with Crippen molar-refractivity contribution >= 4 is 84.9 Å². The molecule has 16 N–H and O–H groups in total. The second kappa shape index (κ2) is 51.9. The molecule has 0 aliphatic carbocycles. The number of carbonyl (C=O) groups excluding carboxylic acids is 3. The van der Waals surface area contributed by atoms with Crippen LogP contribution in [0, 0.1) is 12.3 Å². The minimum absolute atomic E-state index is 0. The number of nitrogens with one attached hydrogen (secondary N) is 1. The number of carbonyl (C=O) groups is 3. The first-order chi connectivity index (χ1) is 39.8. The first kappa shape index (κ1) is 102. The van der Waals surface area contributed by atoms with Gasteiger partial charge in [-0.25, -0.2) is 29.4 Å². The van der Waals surface area contributed by atoms with Crippen molar-refractivity contribution in [1.29, 1.82) is 0 Å². The van der Waals surface area contributed by atoms with Crippen molar-refractivity contribution in [3.8, 4) is 23.6 Å². The predicted octanol–water partition coefficient (Wildman–Crippen LogP) is 0.758. The zero-order valence-electron chi connectivity index (χ0n) is 53.6. The SMILES string of the molecule is C#Cc1ccccc1.CC(=O)CCCC[Si](C)(C)O[Si](C)(C)CSc1ncc(CN=[N+]=[N-])cn1.CC(=O)NCCC[Si](C)(C)O[Si](C)(C)CSc1ncc(Cn2cc(-c3ccccc3)nn2)cn1.O.O.O.O.O.O=C1O[C@H]([C@@H](O)CO)C([O-])=C1O.O=S(=O)(O)O.[Cu].[Cu].[Na+]. The summed E-state index contributed by atoms with van der Waals surface area (Å²) < 4.78 is 50.9. The molecule has 6 rings (SSSR count). The van der Waals surface area contributed by atoms with Gasteiger partial charge in [0, 0.05) is 111 Å². The monoisotopic (exact) mass is 1540 g/mol. The molecule has 0 spiro atoms. The first-order valence-electron chi connectivity index (χ1n) is 26.6. The third-order valence-corrected chi connectivity index (χ3v) is 30.7. The number of benzene rings is 2. The molecule has 0 fully saturated rings. The van der Waals surface area contributed by atoms with E-state index in [1.807, 2.05) is 79.3 Å². The molecule has 4 heterocycles. The molecule has 40 heteroatoms. The summed E-state index contributed by atoms with van der Waals surface area (Å²) in [6.45, 7) is 22.1. The number of azide groups is 1. The van der Waals surface area contributed by atoms with Crippen LogP contribution in [-0.2, 0) is 85.0 Å². The maximum Gasteiger partial charge on any atom is 1.00 e. The Labute approximate surface area is 599 Å². The minimum atomic E-state index is -4.67. The van der Waals surface area contributed by atoms with Crippen molar-refractivity contribution in [3.05, 3.63) is 130 Å². The van der Waals surface area contributed by atoms with Gasteiger partial charge in [0.1, 0.15) is 23.7 Å². The molecule has 93 heavy (non-hydrogen) atoms. The van der Waals surface area contributed by atoms with Crippen LogP contribution >= 0.6 is 23.5 Å². The van der Waals surface area contributed by atoms with Gasteiger partial charge in [0.05, 0.1) is 25.9 Å². The van der Waals surface area contributed by atoms with E-state index < -0.39 is 80.0 Å². The molecular formula is C53H88Cu2N11NaO19S3Si4. The standard InChI is InChI=1S/C23H34N6O2SSi2.C16H29N5O2SSi2.C8H6.C6H8O6.2Cu.Na.H2O4S.5H2O/c1-19(30)24-12-9-13-33(2,3)31-34(4,5)18-32-23-25-14-20(15-26-23)16-29-17-22(27-28-29)21-10-7-6-8-11-21;1-14(22)8-6-7-9-25(2,3)23-26(4,5)13-24-16-18-10-15(11-19-16)12-20-21-17;1-2-8-6-4-3-5-7-8;7-1-2(8)5-3(9)4(10)6(11)12-5;;;;1-5(2,3)4;;;;;/h6-8,10-11,14-15,17H,9,12-13,16,18H2,1-5H3,(H,24,30);10-11H,6-9,12-13H2,1-5H3;1,3-7H;2,5,7-10H,1H2;;;;(H2,1,2,3,4);5*1H2/q;;;;;;+1;;;;;;/p-1/t;;;2-,5+;;;;;;;;;/m...0........./s1. The van der Waals surface area contributed by atoms with Gasteiger partial charge < -0.3 is 70.9 Å². The van der Waals surface area contributed by atoms with Gasteiger partial charge in [-0.15, -0.1) is 11.5 Å². The summed E-state index contributed by atoms with van der Waals surface area (Å²) in [5.41, 5.74) is 13.0. The summed E-state index contributed by atoms with van der Waals surface area (Å²) in [4.78, 5) is 53.0. The Kier molecular flexibility index (Phi) is 57.0. The van der Waals surface area contributed by atoms with Crippen LogP contribution in [0.1, 0.15) is 56.2 Å². The molecule has 0 unspecified atom stereocenters. The number of hydrogen-bond acceptors (Lipinski definition) is 21. The van der Waals surface area contributed by atoms with Crippen LogP contribution in [0.4, 0.5) is 0 Å². The Hall–Kier alpha value is -4.32. The quantitative estimate of drug-likeness (QED) is 0.00425. The van der Waals surface area contributed by atoms with Gasteiger partial charge >= 0.3 is 45.9 Å². The van der Waals surface area contributed by atoms with Crippen molar-refractivity contribution in [2.45, 2.75) is 140 Å². The first-order valence-corrected chi connectivity index (χ1v) is 42.4. The Bertz CT molecular complexity index is 3110. The van der Waals surface area contributed by atoms with Crippen molar-refractivity contribution in [3.63, 3.8) is 0 Å². The van der Waals surface area contributed by atoms with Crippen LogP contribution in [0.25, 0.3) is 21.7 Å². The number of nitrogens with zero attached hydrogens (tertiary/aromatic N) is 10. The Morgan fingerprint density at radius 3 is 1.66 bits per heavy atom. The van der Waals surface area contributed by atoms with Crippen molar-refractivity contribution in [2.75, 3.05) is 23.9 Å². The number of Topliss-reactive ketones (excluding diaryl/α,β-unsaturated/α-hetero) is 1. The van der Waals surface area contributed by atoms with Crippen molar-refractivity contribution in [1.82, 2.24) is 40.2 Å². The number of amides is 1. The smallest absolute Gasteiger partial charge is 0.870 e. The summed E-state index contributed by atoms with van der Waals surface area (Å²) in [6.07, 6.45) is 14.9. The summed E-state index contributed by atoms with van der Waals surface area (Å²) in [7, 11) is -11.9. The average Bonchev–Trinajstić information content (AvgIpc) is 1.91. The van der Waals surface area contributed by atoms with Gasteiger partial charge in [0.25, 0.3) is 0 Å². The van der Waals surface area contributed by atoms with E-state index in [0.29, 0.717) is 19.5 Å². The number of esters is 1.